The Morgan fingerprint density at radius 2 is 1.54 bits per heavy atom. The lowest BCUT2D eigenvalue weighted by Gasteiger charge is -2.20. The molecule has 0 atom stereocenters. The molecule has 48 heavy (non-hydrogen) atoms. The average Bonchev–Trinajstić information content (AvgIpc) is 3.77. The SMILES string of the molecule is CC.CCCCCCc1c(-c2ccc(OCc3cc(N4CCCC4)ccc3-c3ccc(Cl)cc3)cc2)n(CC)c2cc(C(=O)O)ccc12. The van der Waals surface area contributed by atoms with Crippen LogP contribution in [0.2, 0.25) is 5.02 Å². The lowest BCUT2D eigenvalue weighted by molar-refractivity contribution is 0.0697. The van der Waals surface area contributed by atoms with E-state index in [1.54, 1.807) is 6.07 Å². The van der Waals surface area contributed by atoms with Crippen LogP contribution < -0.4 is 9.64 Å². The number of benzene rings is 4. The van der Waals surface area contributed by atoms with Crippen LogP contribution >= 0.6 is 11.6 Å². The molecule has 252 valence electrons. The van der Waals surface area contributed by atoms with Crippen molar-refractivity contribution in [3.05, 3.63) is 107 Å². The molecule has 1 saturated heterocycles. The predicted molar refractivity (Wildman–Crippen MR) is 202 cm³/mol. The third-order valence-electron chi connectivity index (χ3n) is 9.25. The zero-order valence-corrected chi connectivity index (χ0v) is 29.7. The number of ether oxygens (including phenoxy) is 1. The molecular weight excluding hydrogens is 616 g/mol. The molecule has 1 aliphatic heterocycles. The minimum Gasteiger partial charge on any atom is -0.489 e. The Bertz CT molecular complexity index is 1800. The number of aromatic carboxylic acids is 1. The number of hydrogen-bond donors (Lipinski definition) is 1. The normalized spacial score (nSPS) is 12.6. The number of aromatic nitrogens is 1. The molecule has 6 heteroatoms. The van der Waals surface area contributed by atoms with E-state index < -0.39 is 5.97 Å². The number of unbranched alkanes of at least 4 members (excludes halogenated alkanes) is 3. The standard InChI is InChI=1S/C40H43ClN2O3.C2H6/c1-3-5-6-7-10-37-36-21-15-30(40(44)45)26-38(36)43(4-2)39(37)29-13-19-34(20-14-29)46-27-31-25-33(42-23-8-9-24-42)18-22-35(31)28-11-16-32(41)17-12-28;1-2/h11-22,25-26H,3-10,23-24,27H2,1-2H3,(H,44,45);1-2H3. The number of hydrogen-bond acceptors (Lipinski definition) is 3. The van der Waals surface area contributed by atoms with Gasteiger partial charge < -0.3 is 19.3 Å². The van der Waals surface area contributed by atoms with E-state index in [0.29, 0.717) is 12.2 Å². The van der Waals surface area contributed by atoms with Crippen LogP contribution in [0.1, 0.15) is 87.7 Å². The smallest absolute Gasteiger partial charge is 0.335 e. The zero-order valence-electron chi connectivity index (χ0n) is 28.9. The van der Waals surface area contributed by atoms with Crippen molar-refractivity contribution in [1.82, 2.24) is 4.57 Å². The largest absolute Gasteiger partial charge is 0.489 e. The second-order valence-corrected chi connectivity index (χ2v) is 12.7. The van der Waals surface area contributed by atoms with Crippen LogP contribution in [0.15, 0.2) is 84.9 Å². The third-order valence-corrected chi connectivity index (χ3v) is 9.50. The fourth-order valence-electron chi connectivity index (χ4n) is 6.85. The van der Waals surface area contributed by atoms with Crippen molar-refractivity contribution >= 4 is 34.2 Å². The van der Waals surface area contributed by atoms with E-state index in [0.717, 1.165) is 76.4 Å². The van der Waals surface area contributed by atoms with E-state index in [4.69, 9.17) is 16.3 Å². The lowest BCUT2D eigenvalue weighted by atomic mass is 9.98. The van der Waals surface area contributed by atoms with Gasteiger partial charge in [0.2, 0.25) is 0 Å². The number of carboxylic acids is 1. The van der Waals surface area contributed by atoms with E-state index in [1.807, 2.05) is 38.1 Å². The van der Waals surface area contributed by atoms with Gasteiger partial charge in [-0.15, -0.1) is 0 Å². The van der Waals surface area contributed by atoms with E-state index in [2.05, 4.69) is 77.9 Å². The van der Waals surface area contributed by atoms with Gasteiger partial charge in [-0.1, -0.05) is 75.9 Å². The Labute approximate surface area is 291 Å². The van der Waals surface area contributed by atoms with E-state index in [1.165, 1.54) is 49.0 Å². The number of anilines is 1. The molecule has 5 aromatic rings. The molecule has 0 bridgehead atoms. The van der Waals surface area contributed by atoms with Crippen LogP contribution in [-0.4, -0.2) is 28.7 Å². The molecule has 0 saturated carbocycles. The first-order valence-electron chi connectivity index (χ1n) is 17.7. The monoisotopic (exact) mass is 664 g/mol. The van der Waals surface area contributed by atoms with Crippen LogP contribution in [0.3, 0.4) is 0 Å². The van der Waals surface area contributed by atoms with Crippen molar-refractivity contribution in [3.63, 3.8) is 0 Å². The highest BCUT2D eigenvalue weighted by molar-refractivity contribution is 6.30. The highest BCUT2D eigenvalue weighted by Crippen LogP contribution is 2.37. The van der Waals surface area contributed by atoms with Gasteiger partial charge in [0.1, 0.15) is 12.4 Å². The lowest BCUT2D eigenvalue weighted by Crippen LogP contribution is -2.17. The molecule has 1 aliphatic rings. The summed E-state index contributed by atoms with van der Waals surface area (Å²) in [5.41, 5.74) is 9.55. The molecule has 4 aromatic carbocycles. The first-order valence-corrected chi connectivity index (χ1v) is 18.1. The van der Waals surface area contributed by atoms with Crippen molar-refractivity contribution < 1.29 is 14.6 Å². The number of fused-ring (bicyclic) bond motifs is 1. The molecule has 1 N–H and O–H groups in total. The number of rotatable bonds is 13. The Morgan fingerprint density at radius 3 is 2.21 bits per heavy atom. The molecule has 0 radical (unpaired) electrons. The summed E-state index contributed by atoms with van der Waals surface area (Å²) in [4.78, 5) is 14.3. The predicted octanol–water partition coefficient (Wildman–Crippen LogP) is 11.7. The molecule has 6 rings (SSSR count). The second kappa shape index (κ2) is 16.7. The maximum absolute atomic E-state index is 11.8. The second-order valence-electron chi connectivity index (χ2n) is 12.3. The van der Waals surface area contributed by atoms with Crippen LogP contribution in [0.5, 0.6) is 5.75 Å². The molecule has 1 aromatic heterocycles. The van der Waals surface area contributed by atoms with E-state index in [-0.39, 0.29) is 0 Å². The van der Waals surface area contributed by atoms with Crippen LogP contribution in [0.4, 0.5) is 5.69 Å². The number of carbonyl (C=O) groups is 1. The van der Waals surface area contributed by atoms with Gasteiger partial charge in [-0.3, -0.25) is 0 Å². The van der Waals surface area contributed by atoms with Crippen molar-refractivity contribution in [1.29, 1.82) is 0 Å². The maximum atomic E-state index is 11.8. The van der Waals surface area contributed by atoms with Crippen molar-refractivity contribution in [2.75, 3.05) is 18.0 Å². The van der Waals surface area contributed by atoms with Crippen molar-refractivity contribution in [2.24, 2.45) is 0 Å². The van der Waals surface area contributed by atoms with Gasteiger partial charge in [-0.25, -0.2) is 4.79 Å². The molecular formula is C42H49ClN2O3. The van der Waals surface area contributed by atoms with Gasteiger partial charge in [0.25, 0.3) is 0 Å². The Kier molecular flexibility index (Phi) is 12.2. The molecule has 0 amide bonds. The summed E-state index contributed by atoms with van der Waals surface area (Å²) < 4.78 is 8.72. The number of carboxylic acid groups (broad SMARTS) is 1. The maximum Gasteiger partial charge on any atom is 0.335 e. The van der Waals surface area contributed by atoms with Crippen LogP contribution in [0, 0.1) is 0 Å². The summed E-state index contributed by atoms with van der Waals surface area (Å²) >= 11 is 6.20. The molecule has 1 fully saturated rings. The summed E-state index contributed by atoms with van der Waals surface area (Å²) in [6.45, 7) is 11.7. The van der Waals surface area contributed by atoms with Gasteiger partial charge in [-0.2, -0.15) is 0 Å². The van der Waals surface area contributed by atoms with Gasteiger partial charge in [0.05, 0.1) is 11.3 Å². The quantitative estimate of drug-likeness (QED) is 0.127. The fraction of sp³-hybridized carbons (Fsp3) is 0.357. The topological polar surface area (TPSA) is 54.7 Å². The zero-order chi connectivity index (χ0) is 34.0. The minimum atomic E-state index is -0.900. The summed E-state index contributed by atoms with van der Waals surface area (Å²) in [5.74, 6) is -0.0855. The van der Waals surface area contributed by atoms with Crippen molar-refractivity contribution in [3.8, 4) is 28.1 Å². The molecule has 0 aliphatic carbocycles. The third kappa shape index (κ3) is 7.90. The highest BCUT2D eigenvalue weighted by Gasteiger charge is 2.20. The Balaban J connectivity index is 0.00000221. The number of nitrogens with zero attached hydrogens (tertiary/aromatic N) is 2. The average molecular weight is 665 g/mol. The van der Waals surface area contributed by atoms with Gasteiger partial charge >= 0.3 is 5.97 Å². The van der Waals surface area contributed by atoms with Gasteiger partial charge in [0, 0.05) is 41.2 Å². The molecule has 2 heterocycles. The Morgan fingerprint density at radius 1 is 0.833 bits per heavy atom. The molecule has 5 nitrogen and oxygen atoms in total. The van der Waals surface area contributed by atoms with E-state index >= 15 is 0 Å². The fourth-order valence-corrected chi connectivity index (χ4v) is 6.97. The highest BCUT2D eigenvalue weighted by atomic mass is 35.5. The van der Waals surface area contributed by atoms with E-state index in [9.17, 15) is 9.90 Å². The summed E-state index contributed by atoms with van der Waals surface area (Å²) in [7, 11) is 0. The molecule has 0 spiro atoms. The number of halogens is 1. The molecule has 0 unspecified atom stereocenters. The van der Waals surface area contributed by atoms with Crippen LogP contribution in [-0.2, 0) is 19.6 Å². The number of aryl methyl sites for hydroxylation is 2. The van der Waals surface area contributed by atoms with Crippen molar-refractivity contribution in [2.45, 2.75) is 85.8 Å². The first-order chi connectivity index (χ1) is 23.5. The summed E-state index contributed by atoms with van der Waals surface area (Å²) in [5, 5.41) is 11.6. The first kappa shape index (κ1) is 35.1. The Hall–Kier alpha value is -4.22. The summed E-state index contributed by atoms with van der Waals surface area (Å²) in [6, 6.07) is 28.7. The van der Waals surface area contributed by atoms with Gasteiger partial charge in [-0.05, 0) is 121 Å². The van der Waals surface area contributed by atoms with Gasteiger partial charge in [0.15, 0.2) is 0 Å². The minimum absolute atomic E-state index is 0.319. The van der Waals surface area contributed by atoms with Crippen LogP contribution in [0.25, 0.3) is 33.3 Å². The summed E-state index contributed by atoms with van der Waals surface area (Å²) in [6.07, 6.45) is 8.13.